The van der Waals surface area contributed by atoms with Gasteiger partial charge in [-0.1, -0.05) is 43.9 Å². The molecule has 2 atom stereocenters. The Balaban J connectivity index is 1.40. The maximum Gasteiger partial charge on any atom is 0.287 e. The van der Waals surface area contributed by atoms with E-state index in [-0.39, 0.29) is 29.9 Å². The second-order valence-corrected chi connectivity index (χ2v) is 9.15. The Morgan fingerprint density at radius 3 is 2.47 bits per heavy atom. The second kappa shape index (κ2) is 11.1. The Hall–Kier alpha value is -3.42. The third-order valence-electron chi connectivity index (χ3n) is 6.69. The fourth-order valence-corrected chi connectivity index (χ4v) is 4.83. The van der Waals surface area contributed by atoms with E-state index in [0.717, 1.165) is 25.7 Å². The van der Waals surface area contributed by atoms with Gasteiger partial charge in [-0.25, -0.2) is 0 Å². The molecule has 1 aliphatic heterocycles. The first-order valence-electron chi connectivity index (χ1n) is 12.0. The van der Waals surface area contributed by atoms with Crippen LogP contribution in [0.15, 0.2) is 53.1 Å². The molecule has 2 fully saturated rings. The molecule has 8 heteroatoms. The van der Waals surface area contributed by atoms with Gasteiger partial charge in [0.15, 0.2) is 11.5 Å². The molecule has 1 aromatic heterocycles. The lowest BCUT2D eigenvalue weighted by molar-refractivity contribution is -0.129. The average molecular weight is 466 g/mol. The van der Waals surface area contributed by atoms with Crippen LogP contribution in [0, 0.1) is 5.92 Å². The van der Waals surface area contributed by atoms with Crippen LogP contribution in [0.25, 0.3) is 0 Å². The van der Waals surface area contributed by atoms with Crippen molar-refractivity contribution >= 4 is 23.5 Å². The van der Waals surface area contributed by atoms with Crippen molar-refractivity contribution in [3.05, 3.63) is 60.1 Å². The van der Waals surface area contributed by atoms with Gasteiger partial charge in [0.2, 0.25) is 5.91 Å². The molecule has 2 aliphatic rings. The number of Topliss-reactive ketones (excluding diaryl/α,β-unsaturated/α-hetero) is 1. The summed E-state index contributed by atoms with van der Waals surface area (Å²) in [5.74, 6) is -0.706. The molecule has 3 amide bonds. The number of rotatable bonds is 7. The first kappa shape index (κ1) is 23.7. The summed E-state index contributed by atoms with van der Waals surface area (Å²) in [5.41, 5.74) is 0.537. The predicted octanol–water partition coefficient (Wildman–Crippen LogP) is 2.95. The van der Waals surface area contributed by atoms with Gasteiger partial charge >= 0.3 is 0 Å². The molecule has 1 aromatic carbocycles. The maximum atomic E-state index is 13.2. The zero-order valence-electron chi connectivity index (χ0n) is 19.2. The number of furan rings is 1. The molecule has 0 spiro atoms. The van der Waals surface area contributed by atoms with Crippen LogP contribution in [-0.4, -0.2) is 53.6 Å². The Labute approximate surface area is 199 Å². The number of carbonyl (C=O) groups excluding carboxylic acids is 4. The summed E-state index contributed by atoms with van der Waals surface area (Å²) in [7, 11) is 0. The minimum absolute atomic E-state index is 0.0509. The number of likely N-dealkylation sites (tertiary alicyclic amines) is 1. The molecule has 34 heavy (non-hydrogen) atoms. The summed E-state index contributed by atoms with van der Waals surface area (Å²) < 4.78 is 5.16. The number of nitrogens with one attached hydrogen (secondary N) is 2. The minimum atomic E-state index is -0.751. The molecule has 1 aliphatic carbocycles. The molecule has 2 heterocycles. The standard InChI is InChI=1S/C26H31N3O5/c30-22-17-29(26(33)19-10-2-1-3-11-19)14-6-12-20(22)27-24(31)21(16-18-8-4-5-9-18)28-25(32)23-13-7-15-34-23/h1-3,7,10-11,13,15,18,20-21H,4-6,8-9,12,14,16-17H2,(H,27,31)(H,28,32)/t20?,21-/m0/s1. The minimum Gasteiger partial charge on any atom is -0.459 e. The molecule has 2 N–H and O–H groups in total. The summed E-state index contributed by atoms with van der Waals surface area (Å²) in [5, 5.41) is 5.65. The van der Waals surface area contributed by atoms with Crippen molar-refractivity contribution in [2.75, 3.05) is 13.1 Å². The molecule has 0 radical (unpaired) electrons. The van der Waals surface area contributed by atoms with Crippen molar-refractivity contribution in [2.24, 2.45) is 5.92 Å². The van der Waals surface area contributed by atoms with Crippen LogP contribution in [0.3, 0.4) is 0 Å². The SMILES string of the molecule is O=C(N[C@@H](CC1CCCC1)C(=O)NC1CCCN(C(=O)c2ccccc2)CC1=O)c1ccco1. The highest BCUT2D eigenvalue weighted by Gasteiger charge is 2.33. The number of hydrogen-bond acceptors (Lipinski definition) is 5. The summed E-state index contributed by atoms with van der Waals surface area (Å²) in [6.45, 7) is 0.400. The van der Waals surface area contributed by atoms with Crippen molar-refractivity contribution in [3.63, 3.8) is 0 Å². The Bertz CT molecular complexity index is 999. The lowest BCUT2D eigenvalue weighted by Gasteiger charge is -2.24. The quantitative estimate of drug-likeness (QED) is 0.654. The Morgan fingerprint density at radius 2 is 1.76 bits per heavy atom. The van der Waals surface area contributed by atoms with Gasteiger partial charge in [0.05, 0.1) is 18.8 Å². The van der Waals surface area contributed by atoms with Crippen LogP contribution in [0.5, 0.6) is 0 Å². The fraction of sp³-hybridized carbons (Fsp3) is 0.462. The van der Waals surface area contributed by atoms with Crippen molar-refractivity contribution in [1.82, 2.24) is 15.5 Å². The van der Waals surface area contributed by atoms with Crippen LogP contribution < -0.4 is 10.6 Å². The first-order valence-corrected chi connectivity index (χ1v) is 12.0. The molecule has 180 valence electrons. The average Bonchev–Trinajstić information content (AvgIpc) is 3.54. The van der Waals surface area contributed by atoms with E-state index in [4.69, 9.17) is 4.42 Å². The highest BCUT2D eigenvalue weighted by molar-refractivity contribution is 6.00. The van der Waals surface area contributed by atoms with E-state index in [1.54, 1.807) is 41.3 Å². The molecule has 2 aromatic rings. The highest BCUT2D eigenvalue weighted by Crippen LogP contribution is 2.29. The van der Waals surface area contributed by atoms with Gasteiger partial charge in [0, 0.05) is 12.1 Å². The lowest BCUT2D eigenvalue weighted by Crippen LogP contribution is -2.52. The molecule has 0 bridgehead atoms. The van der Waals surface area contributed by atoms with Gasteiger partial charge in [-0.3, -0.25) is 19.2 Å². The van der Waals surface area contributed by atoms with E-state index in [0.29, 0.717) is 37.3 Å². The van der Waals surface area contributed by atoms with Crippen LogP contribution in [0.4, 0.5) is 0 Å². The van der Waals surface area contributed by atoms with Crippen LogP contribution >= 0.6 is 0 Å². The molecule has 1 unspecified atom stereocenters. The molecule has 1 saturated carbocycles. The van der Waals surface area contributed by atoms with Crippen LogP contribution in [0.1, 0.15) is 65.9 Å². The summed E-state index contributed by atoms with van der Waals surface area (Å²) in [6.07, 6.45) is 7.28. The number of benzene rings is 1. The fourth-order valence-electron chi connectivity index (χ4n) is 4.83. The molecular formula is C26H31N3O5. The van der Waals surface area contributed by atoms with Crippen molar-refractivity contribution in [2.45, 2.75) is 57.0 Å². The van der Waals surface area contributed by atoms with E-state index in [9.17, 15) is 19.2 Å². The van der Waals surface area contributed by atoms with Crippen LogP contribution in [0.2, 0.25) is 0 Å². The summed E-state index contributed by atoms with van der Waals surface area (Å²) in [4.78, 5) is 53.1. The normalized spacial score (nSPS) is 19.9. The van der Waals surface area contributed by atoms with E-state index < -0.39 is 18.0 Å². The maximum absolute atomic E-state index is 13.2. The van der Waals surface area contributed by atoms with Crippen molar-refractivity contribution in [1.29, 1.82) is 0 Å². The Kier molecular flexibility index (Phi) is 7.77. The lowest BCUT2D eigenvalue weighted by atomic mass is 9.97. The number of amides is 3. The predicted molar refractivity (Wildman–Crippen MR) is 125 cm³/mol. The third kappa shape index (κ3) is 5.92. The summed E-state index contributed by atoms with van der Waals surface area (Å²) >= 11 is 0. The van der Waals surface area contributed by atoms with E-state index in [2.05, 4.69) is 10.6 Å². The van der Waals surface area contributed by atoms with E-state index in [1.165, 1.54) is 6.26 Å². The van der Waals surface area contributed by atoms with E-state index >= 15 is 0 Å². The van der Waals surface area contributed by atoms with Crippen molar-refractivity contribution in [3.8, 4) is 0 Å². The number of nitrogens with zero attached hydrogens (tertiary/aromatic N) is 1. The zero-order valence-corrected chi connectivity index (χ0v) is 19.2. The topological polar surface area (TPSA) is 109 Å². The smallest absolute Gasteiger partial charge is 0.287 e. The molecule has 8 nitrogen and oxygen atoms in total. The number of hydrogen-bond donors (Lipinski definition) is 2. The highest BCUT2D eigenvalue weighted by atomic mass is 16.3. The van der Waals surface area contributed by atoms with Crippen LogP contribution in [-0.2, 0) is 9.59 Å². The van der Waals surface area contributed by atoms with E-state index in [1.807, 2.05) is 6.07 Å². The van der Waals surface area contributed by atoms with Gasteiger partial charge in [-0.05, 0) is 49.4 Å². The molecule has 4 rings (SSSR count). The first-order chi connectivity index (χ1) is 16.5. The monoisotopic (exact) mass is 465 g/mol. The van der Waals surface area contributed by atoms with Crippen molar-refractivity contribution < 1.29 is 23.6 Å². The Morgan fingerprint density at radius 1 is 1.00 bits per heavy atom. The van der Waals surface area contributed by atoms with Gasteiger partial charge in [-0.2, -0.15) is 0 Å². The second-order valence-electron chi connectivity index (χ2n) is 9.15. The van der Waals surface area contributed by atoms with Gasteiger partial charge in [0.25, 0.3) is 11.8 Å². The molecular weight excluding hydrogens is 434 g/mol. The van der Waals surface area contributed by atoms with Gasteiger partial charge in [-0.15, -0.1) is 0 Å². The largest absolute Gasteiger partial charge is 0.459 e. The van der Waals surface area contributed by atoms with Gasteiger partial charge < -0.3 is 20.0 Å². The zero-order chi connectivity index (χ0) is 23.9. The van der Waals surface area contributed by atoms with Gasteiger partial charge in [0.1, 0.15) is 6.04 Å². The summed E-state index contributed by atoms with van der Waals surface area (Å²) in [6, 6.07) is 10.6. The third-order valence-corrected chi connectivity index (χ3v) is 6.69. The number of carbonyl (C=O) groups is 4. The number of ketones is 1. The molecule has 1 saturated heterocycles.